The van der Waals surface area contributed by atoms with Crippen LogP contribution in [0, 0.1) is 18.7 Å². The van der Waals surface area contributed by atoms with E-state index in [1.807, 2.05) is 7.05 Å². The van der Waals surface area contributed by atoms with Gasteiger partial charge >= 0.3 is 0 Å². The largest absolute Gasteiger partial charge is 0.319 e. The molecule has 112 valence electrons. The zero-order valence-corrected chi connectivity index (χ0v) is 12.7. The summed E-state index contributed by atoms with van der Waals surface area (Å²) in [6.07, 6.45) is 1.63. The van der Waals surface area contributed by atoms with Crippen molar-refractivity contribution in [3.05, 3.63) is 29.6 Å². The van der Waals surface area contributed by atoms with E-state index >= 15 is 0 Å². The molecule has 1 saturated heterocycles. The summed E-state index contributed by atoms with van der Waals surface area (Å²) in [7, 11) is -1.83. The van der Waals surface area contributed by atoms with Crippen LogP contribution in [-0.4, -0.2) is 39.4 Å². The Labute approximate surface area is 120 Å². The maximum Gasteiger partial charge on any atom is 0.246 e. The molecule has 1 fully saturated rings. The summed E-state index contributed by atoms with van der Waals surface area (Å²) in [5.41, 5.74) is 0.461. The van der Waals surface area contributed by atoms with Gasteiger partial charge in [0.15, 0.2) is 0 Å². The van der Waals surface area contributed by atoms with Crippen molar-refractivity contribution in [2.24, 2.45) is 5.92 Å². The molecule has 0 aromatic heterocycles. The molecule has 0 amide bonds. The van der Waals surface area contributed by atoms with Gasteiger partial charge in [0, 0.05) is 13.1 Å². The maximum atomic E-state index is 13.9. The van der Waals surface area contributed by atoms with E-state index in [2.05, 4.69) is 5.32 Å². The molecule has 0 bridgehead atoms. The van der Waals surface area contributed by atoms with E-state index in [9.17, 15) is 12.8 Å². The summed E-state index contributed by atoms with van der Waals surface area (Å²) in [4.78, 5) is -0.174. The van der Waals surface area contributed by atoms with Gasteiger partial charge < -0.3 is 5.32 Å². The van der Waals surface area contributed by atoms with Crippen LogP contribution in [0.1, 0.15) is 18.4 Å². The van der Waals surface area contributed by atoms with Crippen LogP contribution in [0.2, 0.25) is 0 Å². The lowest BCUT2D eigenvalue weighted by Crippen LogP contribution is -2.40. The van der Waals surface area contributed by atoms with Gasteiger partial charge in [-0.2, -0.15) is 4.31 Å². The molecular formula is C14H21FN2O2S. The number of halogens is 1. The highest BCUT2D eigenvalue weighted by atomic mass is 32.2. The minimum atomic E-state index is -3.72. The van der Waals surface area contributed by atoms with Gasteiger partial charge in [0.25, 0.3) is 0 Å². The Morgan fingerprint density at radius 2 is 2.00 bits per heavy atom. The SMILES string of the molecule is CNCC1CCN(S(=O)(=O)c2c(C)cccc2F)CC1. The summed E-state index contributed by atoms with van der Waals surface area (Å²) in [5.74, 6) is -0.171. The van der Waals surface area contributed by atoms with E-state index in [1.54, 1.807) is 13.0 Å². The van der Waals surface area contributed by atoms with Crippen LogP contribution in [0.4, 0.5) is 4.39 Å². The zero-order chi connectivity index (χ0) is 14.8. The number of piperidine rings is 1. The number of hydrogen-bond acceptors (Lipinski definition) is 3. The van der Waals surface area contributed by atoms with Crippen LogP contribution < -0.4 is 5.32 Å². The minimum absolute atomic E-state index is 0.174. The van der Waals surface area contributed by atoms with Crippen molar-refractivity contribution in [3.63, 3.8) is 0 Å². The van der Waals surface area contributed by atoms with E-state index in [4.69, 9.17) is 0 Å². The first-order valence-corrected chi connectivity index (χ1v) is 8.30. The van der Waals surface area contributed by atoms with Gasteiger partial charge in [0.2, 0.25) is 10.0 Å². The summed E-state index contributed by atoms with van der Waals surface area (Å²) in [5, 5.41) is 3.11. The normalized spacial score (nSPS) is 18.4. The van der Waals surface area contributed by atoms with E-state index in [0.717, 1.165) is 19.4 Å². The molecule has 1 aromatic rings. The third kappa shape index (κ3) is 3.02. The highest BCUT2D eigenvalue weighted by molar-refractivity contribution is 7.89. The average Bonchev–Trinajstić information content (AvgIpc) is 2.39. The Balaban J connectivity index is 2.20. The molecule has 1 N–H and O–H groups in total. The predicted octanol–water partition coefficient (Wildman–Crippen LogP) is 1.75. The zero-order valence-electron chi connectivity index (χ0n) is 11.9. The lowest BCUT2D eigenvalue weighted by molar-refractivity contribution is 0.270. The molecule has 1 aromatic carbocycles. The standard InChI is InChI=1S/C14H21FN2O2S/c1-11-4-3-5-13(15)14(11)20(18,19)17-8-6-12(7-9-17)10-16-2/h3-5,12,16H,6-10H2,1-2H3. The highest BCUT2D eigenvalue weighted by Gasteiger charge is 2.32. The van der Waals surface area contributed by atoms with Gasteiger partial charge in [-0.15, -0.1) is 0 Å². The Hall–Kier alpha value is -0.980. The predicted molar refractivity (Wildman–Crippen MR) is 76.5 cm³/mol. The second kappa shape index (κ2) is 6.20. The quantitative estimate of drug-likeness (QED) is 0.922. The van der Waals surface area contributed by atoms with Crippen LogP contribution in [-0.2, 0) is 10.0 Å². The Morgan fingerprint density at radius 1 is 1.35 bits per heavy atom. The van der Waals surface area contributed by atoms with Crippen molar-refractivity contribution in [1.82, 2.24) is 9.62 Å². The first kappa shape index (κ1) is 15.4. The second-order valence-electron chi connectivity index (χ2n) is 5.29. The molecule has 1 aliphatic heterocycles. The van der Waals surface area contributed by atoms with Crippen LogP contribution in [0.5, 0.6) is 0 Å². The van der Waals surface area contributed by atoms with E-state index < -0.39 is 15.8 Å². The van der Waals surface area contributed by atoms with Crippen molar-refractivity contribution in [2.75, 3.05) is 26.7 Å². The van der Waals surface area contributed by atoms with Crippen LogP contribution in [0.15, 0.2) is 23.1 Å². The lowest BCUT2D eigenvalue weighted by atomic mass is 9.98. The number of benzene rings is 1. The average molecular weight is 300 g/mol. The minimum Gasteiger partial charge on any atom is -0.319 e. The molecule has 0 spiro atoms. The summed E-state index contributed by atoms with van der Waals surface area (Å²) in [6.45, 7) is 3.45. The van der Waals surface area contributed by atoms with Crippen molar-refractivity contribution in [3.8, 4) is 0 Å². The van der Waals surface area contributed by atoms with Crippen LogP contribution >= 0.6 is 0 Å². The molecule has 20 heavy (non-hydrogen) atoms. The number of hydrogen-bond donors (Lipinski definition) is 1. The highest BCUT2D eigenvalue weighted by Crippen LogP contribution is 2.27. The molecule has 0 radical (unpaired) electrons. The van der Waals surface area contributed by atoms with Crippen molar-refractivity contribution < 1.29 is 12.8 Å². The number of aryl methyl sites for hydroxylation is 1. The summed E-state index contributed by atoms with van der Waals surface area (Å²) >= 11 is 0. The van der Waals surface area contributed by atoms with Crippen molar-refractivity contribution >= 4 is 10.0 Å². The van der Waals surface area contributed by atoms with Crippen molar-refractivity contribution in [2.45, 2.75) is 24.7 Å². The lowest BCUT2D eigenvalue weighted by Gasteiger charge is -2.31. The first-order valence-electron chi connectivity index (χ1n) is 6.86. The third-order valence-electron chi connectivity index (χ3n) is 3.83. The number of rotatable bonds is 4. The number of sulfonamides is 1. The Morgan fingerprint density at radius 3 is 2.55 bits per heavy atom. The fraction of sp³-hybridized carbons (Fsp3) is 0.571. The number of nitrogens with zero attached hydrogens (tertiary/aromatic N) is 1. The first-order chi connectivity index (χ1) is 9.46. The molecule has 4 nitrogen and oxygen atoms in total. The van der Waals surface area contributed by atoms with Crippen molar-refractivity contribution in [1.29, 1.82) is 0 Å². The van der Waals surface area contributed by atoms with E-state index in [-0.39, 0.29) is 4.90 Å². The molecular weight excluding hydrogens is 279 g/mol. The third-order valence-corrected chi connectivity index (χ3v) is 5.91. The molecule has 6 heteroatoms. The van der Waals surface area contributed by atoms with Crippen LogP contribution in [0.3, 0.4) is 0 Å². The molecule has 0 atom stereocenters. The van der Waals surface area contributed by atoms with Gasteiger partial charge in [-0.3, -0.25) is 0 Å². The van der Waals surface area contributed by atoms with Gasteiger partial charge in [0.1, 0.15) is 10.7 Å². The summed E-state index contributed by atoms with van der Waals surface area (Å²) in [6, 6.07) is 4.36. The molecule has 1 heterocycles. The fourth-order valence-corrected chi connectivity index (χ4v) is 4.45. The Kier molecular flexibility index (Phi) is 4.78. The van der Waals surface area contributed by atoms with Crippen LogP contribution in [0.25, 0.3) is 0 Å². The molecule has 1 aliphatic rings. The van der Waals surface area contributed by atoms with E-state index in [0.29, 0.717) is 24.6 Å². The second-order valence-corrected chi connectivity index (χ2v) is 7.17. The van der Waals surface area contributed by atoms with Gasteiger partial charge in [-0.1, -0.05) is 12.1 Å². The topological polar surface area (TPSA) is 49.4 Å². The molecule has 0 unspecified atom stereocenters. The van der Waals surface area contributed by atoms with Gasteiger partial charge in [-0.25, -0.2) is 12.8 Å². The van der Waals surface area contributed by atoms with Gasteiger partial charge in [0.05, 0.1) is 0 Å². The van der Waals surface area contributed by atoms with E-state index in [1.165, 1.54) is 16.4 Å². The smallest absolute Gasteiger partial charge is 0.246 e. The maximum absolute atomic E-state index is 13.9. The molecule has 0 aliphatic carbocycles. The fourth-order valence-electron chi connectivity index (χ4n) is 2.71. The Bertz CT molecular complexity index is 546. The number of nitrogens with one attached hydrogen (secondary N) is 1. The monoisotopic (exact) mass is 300 g/mol. The summed E-state index contributed by atoms with van der Waals surface area (Å²) < 4.78 is 40.4. The van der Waals surface area contributed by atoms with Gasteiger partial charge in [-0.05, 0) is 50.9 Å². The molecule has 2 rings (SSSR count). The molecule has 0 saturated carbocycles.